The van der Waals surface area contributed by atoms with Gasteiger partial charge in [-0.05, 0) is 24.6 Å². The number of anilines is 1. The fraction of sp³-hybridized carbons (Fsp3) is 0.250. The van der Waals surface area contributed by atoms with Gasteiger partial charge in [0.15, 0.2) is 5.13 Å². The average Bonchev–Trinajstić information content (AvgIpc) is 2.65. The lowest BCUT2D eigenvalue weighted by Crippen LogP contribution is -1.89. The average molecular weight is 271 g/mol. The summed E-state index contributed by atoms with van der Waals surface area (Å²) in [6, 6.07) is 4.81. The largest absolute Gasteiger partial charge is 0.365 e. The van der Waals surface area contributed by atoms with Crippen molar-refractivity contribution >= 4 is 28.1 Å². The third kappa shape index (κ3) is 2.76. The molecule has 2 nitrogen and oxygen atoms in total. The van der Waals surface area contributed by atoms with Crippen LogP contribution in [0.15, 0.2) is 18.2 Å². The van der Waals surface area contributed by atoms with Gasteiger partial charge in [0, 0.05) is 18.3 Å². The molecule has 0 unspecified atom stereocenters. The minimum Gasteiger partial charge on any atom is -0.365 e. The van der Waals surface area contributed by atoms with E-state index in [2.05, 4.69) is 10.3 Å². The van der Waals surface area contributed by atoms with Crippen molar-refractivity contribution in [3.8, 4) is 0 Å². The van der Waals surface area contributed by atoms with Crippen LogP contribution in [0.5, 0.6) is 0 Å². The fourth-order valence-electron chi connectivity index (χ4n) is 1.53. The summed E-state index contributed by atoms with van der Waals surface area (Å²) in [5, 5.41) is 4.08. The second-order valence-corrected chi connectivity index (χ2v) is 5.19. The number of aryl methyl sites for hydroxylation is 1. The van der Waals surface area contributed by atoms with Gasteiger partial charge < -0.3 is 5.32 Å². The number of thiazole rings is 1. The van der Waals surface area contributed by atoms with Crippen LogP contribution in [0, 0.1) is 12.7 Å². The lowest BCUT2D eigenvalue weighted by Gasteiger charge is -2.01. The third-order valence-electron chi connectivity index (χ3n) is 2.46. The number of nitrogens with zero attached hydrogens (tertiary/aromatic N) is 1. The molecule has 0 aliphatic heterocycles. The van der Waals surface area contributed by atoms with Gasteiger partial charge in [-0.3, -0.25) is 0 Å². The normalized spacial score (nSPS) is 10.6. The minimum atomic E-state index is -0.382. The van der Waals surface area contributed by atoms with Crippen LogP contribution in [0.3, 0.4) is 0 Å². The molecular formula is C12H12ClFN2S. The number of hydrogen-bond donors (Lipinski definition) is 1. The van der Waals surface area contributed by atoms with E-state index in [1.165, 1.54) is 6.07 Å². The molecule has 0 spiro atoms. The summed E-state index contributed by atoms with van der Waals surface area (Å²) in [6.45, 7) is 1.97. The molecule has 2 aromatic rings. The Morgan fingerprint density at radius 3 is 2.82 bits per heavy atom. The van der Waals surface area contributed by atoms with Crippen molar-refractivity contribution in [2.45, 2.75) is 13.3 Å². The summed E-state index contributed by atoms with van der Waals surface area (Å²) in [5.74, 6) is -0.382. The molecule has 0 aliphatic carbocycles. The molecule has 1 aromatic carbocycles. The van der Waals surface area contributed by atoms with Gasteiger partial charge in [-0.2, -0.15) is 0 Å². The van der Waals surface area contributed by atoms with Crippen molar-refractivity contribution in [1.82, 2.24) is 4.98 Å². The predicted octanol–water partition coefficient (Wildman–Crippen LogP) is 3.88. The van der Waals surface area contributed by atoms with E-state index >= 15 is 0 Å². The zero-order valence-electron chi connectivity index (χ0n) is 9.55. The van der Waals surface area contributed by atoms with E-state index in [1.54, 1.807) is 23.5 Å². The predicted molar refractivity (Wildman–Crippen MR) is 70.6 cm³/mol. The molecule has 0 saturated heterocycles. The van der Waals surface area contributed by atoms with Gasteiger partial charge in [0.1, 0.15) is 5.82 Å². The molecule has 17 heavy (non-hydrogen) atoms. The van der Waals surface area contributed by atoms with E-state index in [1.807, 2.05) is 14.0 Å². The van der Waals surface area contributed by atoms with Crippen molar-refractivity contribution in [1.29, 1.82) is 0 Å². The molecule has 0 atom stereocenters. The van der Waals surface area contributed by atoms with Crippen molar-refractivity contribution in [3.63, 3.8) is 0 Å². The molecule has 0 fully saturated rings. The van der Waals surface area contributed by atoms with Gasteiger partial charge in [0.2, 0.25) is 0 Å². The first-order valence-corrected chi connectivity index (χ1v) is 6.37. The van der Waals surface area contributed by atoms with Gasteiger partial charge in [0.05, 0.1) is 10.7 Å². The van der Waals surface area contributed by atoms with Crippen molar-refractivity contribution in [2.75, 3.05) is 12.4 Å². The minimum absolute atomic E-state index is 0.165. The van der Waals surface area contributed by atoms with Crippen LogP contribution in [0.4, 0.5) is 9.52 Å². The Morgan fingerprint density at radius 1 is 1.47 bits per heavy atom. The zero-order valence-corrected chi connectivity index (χ0v) is 11.1. The summed E-state index contributed by atoms with van der Waals surface area (Å²) < 4.78 is 13.0. The molecule has 0 aliphatic rings. The summed E-state index contributed by atoms with van der Waals surface area (Å²) in [5.41, 5.74) is 1.99. The molecule has 2 rings (SSSR count). The van der Waals surface area contributed by atoms with Gasteiger partial charge in [-0.15, -0.1) is 11.3 Å². The van der Waals surface area contributed by atoms with Crippen LogP contribution in [-0.4, -0.2) is 12.0 Å². The van der Waals surface area contributed by atoms with Crippen LogP contribution in [0.2, 0.25) is 5.02 Å². The summed E-state index contributed by atoms with van der Waals surface area (Å²) in [4.78, 5) is 5.53. The Bertz CT molecular complexity index is 539. The van der Waals surface area contributed by atoms with Crippen LogP contribution in [0.25, 0.3) is 0 Å². The molecule has 0 amide bonds. The third-order valence-corrected chi connectivity index (χ3v) is 3.92. The van der Waals surface area contributed by atoms with Crippen molar-refractivity contribution < 1.29 is 4.39 Å². The van der Waals surface area contributed by atoms with Gasteiger partial charge >= 0.3 is 0 Å². The fourth-order valence-corrected chi connectivity index (χ4v) is 2.69. The Morgan fingerprint density at radius 2 is 2.24 bits per heavy atom. The first-order chi connectivity index (χ1) is 8.10. The first-order valence-electron chi connectivity index (χ1n) is 5.18. The molecule has 0 bridgehead atoms. The monoisotopic (exact) mass is 270 g/mol. The summed E-state index contributed by atoms with van der Waals surface area (Å²) in [7, 11) is 1.84. The lowest BCUT2D eigenvalue weighted by atomic mass is 10.1. The van der Waals surface area contributed by atoms with Crippen LogP contribution < -0.4 is 5.32 Å². The highest BCUT2D eigenvalue weighted by atomic mass is 35.5. The molecule has 1 heterocycles. The van der Waals surface area contributed by atoms with Gasteiger partial charge in [-0.25, -0.2) is 9.37 Å². The lowest BCUT2D eigenvalue weighted by molar-refractivity contribution is 0.627. The number of halogens is 2. The molecule has 0 saturated carbocycles. The van der Waals surface area contributed by atoms with Crippen molar-refractivity contribution in [2.24, 2.45) is 0 Å². The van der Waals surface area contributed by atoms with E-state index in [4.69, 9.17) is 11.6 Å². The highest BCUT2D eigenvalue weighted by molar-refractivity contribution is 7.15. The Labute approximate surface area is 108 Å². The maximum atomic E-state index is 13.0. The maximum Gasteiger partial charge on any atom is 0.182 e. The Kier molecular flexibility index (Phi) is 3.64. The smallest absolute Gasteiger partial charge is 0.182 e. The molecule has 5 heteroatoms. The standard InChI is InChI=1S/C12H12ClFN2S/c1-7-11(17-12(15-2)16-7)6-8-3-4-10(14)9(13)5-8/h3-5H,6H2,1-2H3,(H,15,16). The number of aromatic nitrogens is 1. The SMILES string of the molecule is CNc1nc(C)c(Cc2ccc(F)c(Cl)c2)s1. The quantitative estimate of drug-likeness (QED) is 0.916. The molecule has 1 N–H and O–H groups in total. The highest BCUT2D eigenvalue weighted by Gasteiger charge is 2.08. The van der Waals surface area contributed by atoms with Crippen molar-refractivity contribution in [3.05, 3.63) is 45.2 Å². The van der Waals surface area contributed by atoms with Crippen LogP contribution >= 0.6 is 22.9 Å². The Hall–Kier alpha value is -1.13. The highest BCUT2D eigenvalue weighted by Crippen LogP contribution is 2.26. The van der Waals surface area contributed by atoms with E-state index < -0.39 is 0 Å². The van der Waals surface area contributed by atoms with Crippen LogP contribution in [-0.2, 0) is 6.42 Å². The topological polar surface area (TPSA) is 24.9 Å². The van der Waals surface area contributed by atoms with E-state index in [0.717, 1.165) is 27.7 Å². The van der Waals surface area contributed by atoms with E-state index in [0.29, 0.717) is 0 Å². The van der Waals surface area contributed by atoms with Gasteiger partial charge in [0.25, 0.3) is 0 Å². The maximum absolute atomic E-state index is 13.0. The Balaban J connectivity index is 2.24. The van der Waals surface area contributed by atoms with E-state index in [9.17, 15) is 4.39 Å². The number of hydrogen-bond acceptors (Lipinski definition) is 3. The number of rotatable bonds is 3. The number of benzene rings is 1. The summed E-state index contributed by atoms with van der Waals surface area (Å²) >= 11 is 7.36. The van der Waals surface area contributed by atoms with Gasteiger partial charge in [-0.1, -0.05) is 17.7 Å². The molecular weight excluding hydrogens is 259 g/mol. The first kappa shape index (κ1) is 12.3. The van der Waals surface area contributed by atoms with Crippen LogP contribution in [0.1, 0.15) is 16.1 Å². The second kappa shape index (κ2) is 5.02. The molecule has 0 radical (unpaired) electrons. The van der Waals surface area contributed by atoms with E-state index in [-0.39, 0.29) is 10.8 Å². The molecule has 1 aromatic heterocycles. The molecule has 90 valence electrons. The number of nitrogens with one attached hydrogen (secondary N) is 1. The second-order valence-electron chi connectivity index (χ2n) is 3.70. The summed E-state index contributed by atoms with van der Waals surface area (Å²) in [6.07, 6.45) is 0.727. The zero-order chi connectivity index (χ0) is 12.4.